The Hall–Kier alpha value is -3.52. The van der Waals surface area contributed by atoms with E-state index in [9.17, 15) is 4.79 Å². The maximum absolute atomic E-state index is 13.0. The van der Waals surface area contributed by atoms with Crippen molar-refractivity contribution in [1.82, 2.24) is 14.8 Å². The van der Waals surface area contributed by atoms with E-state index in [0.717, 1.165) is 17.1 Å². The number of nitrogens with zero attached hydrogens (tertiary/aromatic N) is 3. The van der Waals surface area contributed by atoms with Gasteiger partial charge >= 0.3 is 0 Å². The maximum Gasteiger partial charge on any atom is 0.237 e. The number of aromatic nitrogens is 3. The highest BCUT2D eigenvalue weighted by Gasteiger charge is 2.23. The molecule has 0 fully saturated rings. The van der Waals surface area contributed by atoms with Gasteiger partial charge in [-0.15, -0.1) is 10.2 Å². The van der Waals surface area contributed by atoms with Crippen molar-refractivity contribution in [1.29, 1.82) is 0 Å². The third-order valence-electron chi connectivity index (χ3n) is 5.64. The van der Waals surface area contributed by atoms with Crippen LogP contribution in [0.1, 0.15) is 39.0 Å². The van der Waals surface area contributed by atoms with Gasteiger partial charge in [-0.25, -0.2) is 0 Å². The molecule has 0 saturated carbocycles. The highest BCUT2D eigenvalue weighted by Crippen LogP contribution is 2.31. The summed E-state index contributed by atoms with van der Waals surface area (Å²) in [6, 6.07) is 19.5. The Morgan fingerprint density at radius 1 is 1.09 bits per heavy atom. The predicted octanol–water partition coefficient (Wildman–Crippen LogP) is 6.01. The van der Waals surface area contributed by atoms with Crippen LogP contribution in [-0.4, -0.2) is 33.0 Å². The van der Waals surface area contributed by atoms with Crippen LogP contribution in [0.5, 0.6) is 5.75 Å². The monoisotopic (exact) mass is 490 g/mol. The van der Waals surface area contributed by atoms with Crippen molar-refractivity contribution in [2.24, 2.45) is 0 Å². The number of amides is 1. The Morgan fingerprint density at radius 3 is 2.49 bits per heavy atom. The summed E-state index contributed by atoms with van der Waals surface area (Å²) in [6.45, 7) is 8.87. The quantitative estimate of drug-likeness (QED) is 0.305. The minimum absolute atomic E-state index is 0.0611. The van der Waals surface area contributed by atoms with Gasteiger partial charge in [-0.1, -0.05) is 68.9 Å². The molecule has 2 aromatic heterocycles. The van der Waals surface area contributed by atoms with Crippen LogP contribution in [0.4, 0.5) is 5.69 Å². The molecule has 0 aliphatic heterocycles. The summed E-state index contributed by atoms with van der Waals surface area (Å²) in [6.07, 6.45) is 1.65. The predicted molar refractivity (Wildman–Crippen MR) is 139 cm³/mol. The third-order valence-corrected chi connectivity index (χ3v) is 6.72. The van der Waals surface area contributed by atoms with Crippen LogP contribution in [-0.2, 0) is 16.8 Å². The molecule has 1 N–H and O–H groups in total. The third kappa shape index (κ3) is 5.77. The number of carbonyl (C=O) groups excluding carboxylic acids is 1. The second-order valence-electron chi connectivity index (χ2n) is 9.25. The average molecular weight is 491 g/mol. The highest BCUT2D eigenvalue weighted by molar-refractivity contribution is 8.00. The Bertz CT molecular complexity index is 1270. The van der Waals surface area contributed by atoms with Gasteiger partial charge in [-0.3, -0.25) is 9.36 Å². The zero-order valence-corrected chi connectivity index (χ0v) is 21.4. The van der Waals surface area contributed by atoms with Gasteiger partial charge in [0.05, 0.1) is 30.9 Å². The SMILES string of the molecule is COc1ccccc1NC(=O)C(C)Sc1nnc(-c2ccc(C(C)(C)C)cc2)n1Cc1ccco1. The molecule has 2 aromatic carbocycles. The van der Waals surface area contributed by atoms with Crippen LogP contribution in [0, 0.1) is 0 Å². The first-order valence-electron chi connectivity index (χ1n) is 11.4. The molecule has 1 atom stereocenters. The fourth-order valence-electron chi connectivity index (χ4n) is 3.60. The molecule has 4 aromatic rings. The molecule has 0 spiro atoms. The van der Waals surface area contributed by atoms with E-state index in [0.29, 0.717) is 23.1 Å². The van der Waals surface area contributed by atoms with Crippen molar-refractivity contribution in [2.45, 2.75) is 50.1 Å². The van der Waals surface area contributed by atoms with E-state index in [-0.39, 0.29) is 11.3 Å². The molecular formula is C27H30N4O3S. The van der Waals surface area contributed by atoms with Crippen LogP contribution in [0.25, 0.3) is 11.4 Å². The number of furan rings is 1. The Labute approximate surface area is 209 Å². The summed E-state index contributed by atoms with van der Waals surface area (Å²) < 4.78 is 12.9. The Balaban J connectivity index is 1.59. The van der Waals surface area contributed by atoms with E-state index >= 15 is 0 Å². The number of methoxy groups -OCH3 is 1. The van der Waals surface area contributed by atoms with Crippen molar-refractivity contribution in [3.8, 4) is 17.1 Å². The van der Waals surface area contributed by atoms with Crippen molar-refractivity contribution >= 4 is 23.4 Å². The zero-order chi connectivity index (χ0) is 25.0. The van der Waals surface area contributed by atoms with E-state index in [1.54, 1.807) is 13.4 Å². The molecule has 182 valence electrons. The molecule has 1 amide bonds. The molecule has 35 heavy (non-hydrogen) atoms. The van der Waals surface area contributed by atoms with Gasteiger partial charge in [-0.2, -0.15) is 0 Å². The lowest BCUT2D eigenvalue weighted by molar-refractivity contribution is -0.115. The molecular weight excluding hydrogens is 460 g/mol. The van der Waals surface area contributed by atoms with Gasteiger partial charge in [0.2, 0.25) is 5.91 Å². The number of nitrogens with one attached hydrogen (secondary N) is 1. The number of carbonyl (C=O) groups is 1. The smallest absolute Gasteiger partial charge is 0.237 e. The Kier molecular flexibility index (Phi) is 7.31. The van der Waals surface area contributed by atoms with Crippen LogP contribution in [0.15, 0.2) is 76.5 Å². The number of ether oxygens (including phenoxy) is 1. The average Bonchev–Trinajstić information content (AvgIpc) is 3.49. The summed E-state index contributed by atoms with van der Waals surface area (Å²) in [4.78, 5) is 13.0. The molecule has 0 radical (unpaired) electrons. The summed E-state index contributed by atoms with van der Waals surface area (Å²) in [5.74, 6) is 1.97. The zero-order valence-electron chi connectivity index (χ0n) is 20.6. The number of benzene rings is 2. The first-order chi connectivity index (χ1) is 16.8. The van der Waals surface area contributed by atoms with Gasteiger partial charge in [0.25, 0.3) is 0 Å². The van der Waals surface area contributed by atoms with Gasteiger partial charge in [0, 0.05) is 5.56 Å². The Morgan fingerprint density at radius 2 is 1.83 bits per heavy atom. The lowest BCUT2D eigenvalue weighted by Crippen LogP contribution is -2.23. The van der Waals surface area contributed by atoms with Crippen LogP contribution >= 0.6 is 11.8 Å². The van der Waals surface area contributed by atoms with Gasteiger partial charge in [0.1, 0.15) is 11.5 Å². The molecule has 0 aliphatic carbocycles. The van der Waals surface area contributed by atoms with Gasteiger partial charge < -0.3 is 14.5 Å². The second-order valence-corrected chi connectivity index (χ2v) is 10.6. The van der Waals surface area contributed by atoms with Crippen molar-refractivity contribution in [3.05, 3.63) is 78.3 Å². The number of rotatable bonds is 8. The summed E-state index contributed by atoms with van der Waals surface area (Å²) in [5, 5.41) is 12.1. The topological polar surface area (TPSA) is 82.2 Å². The highest BCUT2D eigenvalue weighted by atomic mass is 32.2. The summed E-state index contributed by atoms with van der Waals surface area (Å²) in [5.41, 5.74) is 2.89. The standard InChI is InChI=1S/C27H30N4O3S/c1-18(25(32)28-22-10-6-7-11-23(22)33-5)35-26-30-29-24(31(26)17-21-9-8-16-34-21)19-12-14-20(15-13-19)27(2,3)4/h6-16,18H,17H2,1-5H3,(H,28,32). The molecule has 8 heteroatoms. The number of para-hydroxylation sites is 2. The van der Waals surface area contributed by atoms with Crippen LogP contribution < -0.4 is 10.1 Å². The fraction of sp³-hybridized carbons (Fsp3) is 0.296. The molecule has 2 heterocycles. The molecule has 7 nitrogen and oxygen atoms in total. The van der Waals surface area contributed by atoms with E-state index in [4.69, 9.17) is 9.15 Å². The van der Waals surface area contributed by atoms with E-state index in [1.807, 2.05) is 47.9 Å². The van der Waals surface area contributed by atoms with Crippen molar-refractivity contribution < 1.29 is 13.9 Å². The van der Waals surface area contributed by atoms with Crippen molar-refractivity contribution in [2.75, 3.05) is 12.4 Å². The van der Waals surface area contributed by atoms with E-state index in [2.05, 4.69) is 60.6 Å². The van der Waals surface area contributed by atoms with E-state index < -0.39 is 5.25 Å². The van der Waals surface area contributed by atoms with Gasteiger partial charge in [0.15, 0.2) is 11.0 Å². The molecule has 0 bridgehead atoms. The second kappa shape index (κ2) is 10.4. The fourth-order valence-corrected chi connectivity index (χ4v) is 4.45. The molecule has 0 aliphatic rings. The maximum atomic E-state index is 13.0. The van der Waals surface area contributed by atoms with Crippen LogP contribution in [0.2, 0.25) is 0 Å². The van der Waals surface area contributed by atoms with Crippen LogP contribution in [0.3, 0.4) is 0 Å². The first-order valence-corrected chi connectivity index (χ1v) is 12.3. The summed E-state index contributed by atoms with van der Waals surface area (Å²) in [7, 11) is 1.58. The van der Waals surface area contributed by atoms with Gasteiger partial charge in [-0.05, 0) is 42.2 Å². The number of hydrogen-bond acceptors (Lipinski definition) is 6. The van der Waals surface area contributed by atoms with E-state index in [1.165, 1.54) is 17.3 Å². The number of anilines is 1. The summed E-state index contributed by atoms with van der Waals surface area (Å²) >= 11 is 1.35. The first kappa shape index (κ1) is 24.6. The largest absolute Gasteiger partial charge is 0.495 e. The number of thioether (sulfide) groups is 1. The molecule has 0 saturated heterocycles. The van der Waals surface area contributed by atoms with Crippen molar-refractivity contribution in [3.63, 3.8) is 0 Å². The number of hydrogen-bond donors (Lipinski definition) is 1. The minimum Gasteiger partial charge on any atom is -0.495 e. The molecule has 1 unspecified atom stereocenters. The normalized spacial score (nSPS) is 12.4. The lowest BCUT2D eigenvalue weighted by Gasteiger charge is -2.19. The lowest BCUT2D eigenvalue weighted by atomic mass is 9.87. The molecule has 4 rings (SSSR count). The minimum atomic E-state index is -0.421.